The molecule has 2 N–H and O–H groups in total. The normalized spacial score (nSPS) is 13.3. The molecule has 0 radical (unpaired) electrons. The van der Waals surface area contributed by atoms with Crippen molar-refractivity contribution in [3.63, 3.8) is 0 Å². The van der Waals surface area contributed by atoms with Crippen LogP contribution in [0.2, 0.25) is 0 Å². The number of aryl methyl sites for hydroxylation is 1. The summed E-state index contributed by atoms with van der Waals surface area (Å²) in [5.41, 5.74) is 2.62. The van der Waals surface area contributed by atoms with E-state index in [4.69, 9.17) is 4.74 Å². The van der Waals surface area contributed by atoms with Crippen LogP contribution in [0.4, 0.5) is 16.6 Å². The van der Waals surface area contributed by atoms with Gasteiger partial charge in [-0.2, -0.15) is 0 Å². The third-order valence-electron chi connectivity index (χ3n) is 5.81. The molecule has 2 heterocycles. The summed E-state index contributed by atoms with van der Waals surface area (Å²) in [5.74, 6) is -0.151. The van der Waals surface area contributed by atoms with E-state index in [1.54, 1.807) is 31.2 Å². The fourth-order valence-corrected chi connectivity index (χ4v) is 6.69. The Balaban J connectivity index is 1.60. The van der Waals surface area contributed by atoms with Crippen LogP contribution in [0.25, 0.3) is 11.0 Å². The molecule has 0 saturated carbocycles. The van der Waals surface area contributed by atoms with Gasteiger partial charge in [-0.25, -0.2) is 23.2 Å². The van der Waals surface area contributed by atoms with E-state index < -0.39 is 16.0 Å². The van der Waals surface area contributed by atoms with Gasteiger partial charge in [0.25, 0.3) is 10.0 Å². The number of aromatic nitrogens is 2. The van der Waals surface area contributed by atoms with E-state index >= 15 is 0 Å². The van der Waals surface area contributed by atoms with E-state index in [1.807, 2.05) is 12.1 Å². The minimum atomic E-state index is -3.95. The Labute approximate surface area is 221 Å². The van der Waals surface area contributed by atoms with Gasteiger partial charge in [-0.3, -0.25) is 4.72 Å². The van der Waals surface area contributed by atoms with E-state index in [0.29, 0.717) is 21.6 Å². The number of benzene rings is 2. The predicted octanol–water partition coefficient (Wildman–Crippen LogP) is 6.05. The molecule has 0 fully saturated rings. The summed E-state index contributed by atoms with van der Waals surface area (Å²) in [6.45, 7) is 2.03. The number of fused-ring (bicyclic) bond motifs is 2. The smallest absolute Gasteiger partial charge is 0.341 e. The maximum Gasteiger partial charge on any atom is 0.341 e. The second-order valence-corrected chi connectivity index (χ2v) is 11.9. The van der Waals surface area contributed by atoms with Crippen molar-refractivity contribution in [3.05, 3.63) is 69.0 Å². The monoisotopic (exact) mass is 586 g/mol. The number of anilines is 3. The standard InChI is InChI=1S/C25H23BrN4O4S2/c1-2-34-25(31)21-17-7-3-6-10-20(17)35-24(21)29-22-23(28-19-9-5-4-8-18(19)27-22)30-36(32,33)16-13-11-15(26)12-14-16/h4-5,8-9,11-14H,2-3,6-7,10H2,1H3,(H,27,29)(H,28,30). The third-order valence-corrected chi connectivity index (χ3v) is 8.90. The Morgan fingerprint density at radius 3 is 2.39 bits per heavy atom. The molecule has 1 aliphatic carbocycles. The molecule has 0 atom stereocenters. The molecule has 0 aliphatic heterocycles. The lowest BCUT2D eigenvalue weighted by atomic mass is 9.95. The van der Waals surface area contributed by atoms with Crippen LogP contribution >= 0.6 is 27.3 Å². The molecule has 8 nitrogen and oxygen atoms in total. The van der Waals surface area contributed by atoms with Gasteiger partial charge >= 0.3 is 5.97 Å². The molecule has 186 valence electrons. The molecule has 0 saturated heterocycles. The number of esters is 1. The predicted molar refractivity (Wildman–Crippen MR) is 145 cm³/mol. The van der Waals surface area contributed by atoms with Crippen molar-refractivity contribution in [2.45, 2.75) is 37.5 Å². The van der Waals surface area contributed by atoms with Crippen LogP contribution in [0.3, 0.4) is 0 Å². The number of thiophene rings is 1. The third kappa shape index (κ3) is 4.95. The first-order chi connectivity index (χ1) is 17.4. The molecule has 2 aromatic heterocycles. The number of hydrogen-bond acceptors (Lipinski definition) is 8. The second kappa shape index (κ2) is 10.2. The van der Waals surface area contributed by atoms with Crippen LogP contribution in [0, 0.1) is 0 Å². The summed E-state index contributed by atoms with van der Waals surface area (Å²) in [7, 11) is -3.95. The molecule has 1 aliphatic rings. The van der Waals surface area contributed by atoms with Crippen molar-refractivity contribution in [2.24, 2.45) is 0 Å². The van der Waals surface area contributed by atoms with E-state index in [9.17, 15) is 13.2 Å². The average molecular weight is 588 g/mol. The molecule has 2 aromatic carbocycles. The Morgan fingerprint density at radius 2 is 1.69 bits per heavy atom. The van der Waals surface area contributed by atoms with Crippen molar-refractivity contribution < 1.29 is 17.9 Å². The molecule has 11 heteroatoms. The van der Waals surface area contributed by atoms with Gasteiger partial charge < -0.3 is 10.1 Å². The molecule has 36 heavy (non-hydrogen) atoms. The molecular formula is C25H23BrN4O4S2. The number of halogens is 1. The van der Waals surface area contributed by atoms with Gasteiger partial charge in [-0.1, -0.05) is 28.1 Å². The Bertz CT molecular complexity index is 1550. The lowest BCUT2D eigenvalue weighted by Gasteiger charge is -2.14. The lowest BCUT2D eigenvalue weighted by molar-refractivity contribution is 0.0526. The number of sulfonamides is 1. The lowest BCUT2D eigenvalue weighted by Crippen LogP contribution is -2.16. The van der Waals surface area contributed by atoms with Gasteiger partial charge in [0.15, 0.2) is 11.6 Å². The van der Waals surface area contributed by atoms with E-state index in [2.05, 4.69) is 35.9 Å². The topological polar surface area (TPSA) is 110 Å². The maximum atomic E-state index is 13.2. The second-order valence-electron chi connectivity index (χ2n) is 8.23. The zero-order chi connectivity index (χ0) is 25.3. The molecule has 0 amide bonds. The largest absolute Gasteiger partial charge is 0.462 e. The van der Waals surface area contributed by atoms with Crippen molar-refractivity contribution in [1.82, 2.24) is 9.97 Å². The van der Waals surface area contributed by atoms with Crippen LogP contribution in [0.5, 0.6) is 0 Å². The van der Waals surface area contributed by atoms with Crippen molar-refractivity contribution in [2.75, 3.05) is 16.6 Å². The van der Waals surface area contributed by atoms with Crippen LogP contribution in [0.15, 0.2) is 57.9 Å². The molecule has 0 unspecified atom stereocenters. The zero-order valence-corrected chi connectivity index (χ0v) is 22.6. The SMILES string of the molecule is CCOC(=O)c1c(Nc2nc3ccccc3nc2NS(=O)(=O)c2ccc(Br)cc2)sc2c1CCCC2. The quantitative estimate of drug-likeness (QED) is 0.253. The first-order valence-corrected chi connectivity index (χ1v) is 14.6. The summed E-state index contributed by atoms with van der Waals surface area (Å²) in [5, 5.41) is 3.80. The van der Waals surface area contributed by atoms with Crippen molar-refractivity contribution >= 4 is 70.9 Å². The van der Waals surface area contributed by atoms with Gasteiger partial charge in [-0.15, -0.1) is 11.3 Å². The van der Waals surface area contributed by atoms with Gasteiger partial charge in [0.05, 0.1) is 28.1 Å². The van der Waals surface area contributed by atoms with E-state index in [1.165, 1.54) is 23.5 Å². The number of nitrogens with one attached hydrogen (secondary N) is 2. The zero-order valence-electron chi connectivity index (χ0n) is 19.4. The molecule has 5 rings (SSSR count). The summed E-state index contributed by atoms with van der Waals surface area (Å²) < 4.78 is 35.1. The van der Waals surface area contributed by atoms with Crippen LogP contribution < -0.4 is 10.0 Å². The summed E-state index contributed by atoms with van der Waals surface area (Å²) >= 11 is 4.80. The van der Waals surface area contributed by atoms with E-state index in [-0.39, 0.29) is 23.1 Å². The highest BCUT2D eigenvalue weighted by Gasteiger charge is 2.28. The van der Waals surface area contributed by atoms with Gasteiger partial charge in [0.1, 0.15) is 5.00 Å². The van der Waals surface area contributed by atoms with Crippen molar-refractivity contribution in [1.29, 1.82) is 0 Å². The maximum absolute atomic E-state index is 13.2. The van der Waals surface area contributed by atoms with Crippen LogP contribution in [0.1, 0.15) is 40.6 Å². The minimum Gasteiger partial charge on any atom is -0.462 e. The molecule has 4 aromatic rings. The molecule has 0 bridgehead atoms. The summed E-state index contributed by atoms with van der Waals surface area (Å²) in [6, 6.07) is 13.5. The highest BCUT2D eigenvalue weighted by Crippen LogP contribution is 2.41. The number of nitrogens with zero attached hydrogens (tertiary/aromatic N) is 2. The number of ether oxygens (including phenoxy) is 1. The molecule has 0 spiro atoms. The summed E-state index contributed by atoms with van der Waals surface area (Å²) in [4.78, 5) is 23.4. The minimum absolute atomic E-state index is 0.0396. The Kier molecular flexibility index (Phi) is 6.96. The van der Waals surface area contributed by atoms with Gasteiger partial charge in [0, 0.05) is 9.35 Å². The van der Waals surface area contributed by atoms with Crippen molar-refractivity contribution in [3.8, 4) is 0 Å². The first-order valence-electron chi connectivity index (χ1n) is 11.5. The Morgan fingerprint density at radius 1 is 1.03 bits per heavy atom. The number of hydrogen-bond donors (Lipinski definition) is 2. The highest BCUT2D eigenvalue weighted by molar-refractivity contribution is 9.10. The first kappa shape index (κ1) is 24.7. The Hall–Kier alpha value is -3.02. The van der Waals surface area contributed by atoms with Crippen LogP contribution in [-0.2, 0) is 27.6 Å². The number of rotatable bonds is 7. The molecular weight excluding hydrogens is 564 g/mol. The number of carbonyl (C=O) groups excluding carboxylic acids is 1. The van der Waals surface area contributed by atoms with Crippen LogP contribution in [-0.4, -0.2) is 31.0 Å². The number of carbonyl (C=O) groups is 1. The highest BCUT2D eigenvalue weighted by atomic mass is 79.9. The van der Waals surface area contributed by atoms with E-state index in [0.717, 1.165) is 40.6 Å². The van der Waals surface area contributed by atoms with Gasteiger partial charge in [-0.05, 0) is 74.6 Å². The fraction of sp³-hybridized carbons (Fsp3) is 0.240. The fourth-order valence-electron chi connectivity index (χ4n) is 4.14. The number of para-hydroxylation sites is 2. The van der Waals surface area contributed by atoms with Gasteiger partial charge in [0.2, 0.25) is 0 Å². The summed E-state index contributed by atoms with van der Waals surface area (Å²) in [6.07, 6.45) is 3.75. The average Bonchev–Trinajstić information content (AvgIpc) is 3.22.